The first-order valence-corrected chi connectivity index (χ1v) is 8.53. The number of benzene rings is 1. The molecule has 0 spiro atoms. The van der Waals surface area contributed by atoms with Crippen LogP contribution in [-0.2, 0) is 11.8 Å². The van der Waals surface area contributed by atoms with Gasteiger partial charge in [0.1, 0.15) is 12.1 Å². The molecule has 0 aliphatic rings. The second-order valence-corrected chi connectivity index (χ2v) is 6.20. The highest BCUT2D eigenvalue weighted by molar-refractivity contribution is 5.94. The molecule has 27 heavy (non-hydrogen) atoms. The van der Waals surface area contributed by atoms with E-state index in [1.807, 2.05) is 52.1 Å². The number of ether oxygens (including phenoxy) is 1. The number of aryl methyl sites for hydroxylation is 3. The average molecular weight is 366 g/mol. The summed E-state index contributed by atoms with van der Waals surface area (Å²) in [5, 5.41) is 10.3. The van der Waals surface area contributed by atoms with Gasteiger partial charge in [0.05, 0.1) is 23.6 Å². The van der Waals surface area contributed by atoms with Crippen molar-refractivity contribution in [2.45, 2.75) is 20.8 Å². The van der Waals surface area contributed by atoms with Gasteiger partial charge in [-0.1, -0.05) is 0 Å². The van der Waals surface area contributed by atoms with Gasteiger partial charge < -0.3 is 15.4 Å². The Hall–Kier alpha value is -3.42. The highest BCUT2D eigenvalue weighted by Gasteiger charge is 2.12. The monoisotopic (exact) mass is 366 g/mol. The SMILES string of the molecule is Cc1cc(Oc2ccc(NCC(=O)Nc3c(C)nn(C)c3C)cc2)ncn1. The van der Waals surface area contributed by atoms with Crippen molar-refractivity contribution in [3.63, 3.8) is 0 Å². The van der Waals surface area contributed by atoms with Crippen molar-refractivity contribution < 1.29 is 9.53 Å². The molecule has 0 bridgehead atoms. The average Bonchev–Trinajstić information content (AvgIpc) is 2.87. The van der Waals surface area contributed by atoms with Crippen LogP contribution in [0.15, 0.2) is 36.7 Å². The van der Waals surface area contributed by atoms with Crippen LogP contribution in [0.2, 0.25) is 0 Å². The van der Waals surface area contributed by atoms with Gasteiger partial charge >= 0.3 is 0 Å². The smallest absolute Gasteiger partial charge is 0.243 e. The van der Waals surface area contributed by atoms with E-state index in [9.17, 15) is 4.79 Å². The summed E-state index contributed by atoms with van der Waals surface area (Å²) in [6.07, 6.45) is 1.46. The van der Waals surface area contributed by atoms with E-state index in [1.54, 1.807) is 10.7 Å². The summed E-state index contributed by atoms with van der Waals surface area (Å²) in [5.74, 6) is 1.01. The van der Waals surface area contributed by atoms with Crippen molar-refractivity contribution in [3.05, 3.63) is 53.7 Å². The topological polar surface area (TPSA) is 94.0 Å². The number of hydrogen-bond acceptors (Lipinski definition) is 6. The Labute approximate surface area is 157 Å². The lowest BCUT2D eigenvalue weighted by Gasteiger charge is -2.09. The molecule has 140 valence electrons. The molecule has 2 heterocycles. The van der Waals surface area contributed by atoms with E-state index in [0.29, 0.717) is 11.6 Å². The van der Waals surface area contributed by atoms with Gasteiger partial charge in [-0.15, -0.1) is 0 Å². The van der Waals surface area contributed by atoms with Gasteiger partial charge in [0.25, 0.3) is 0 Å². The van der Waals surface area contributed by atoms with Crippen molar-refractivity contribution in [1.29, 1.82) is 0 Å². The van der Waals surface area contributed by atoms with Gasteiger partial charge in [-0.05, 0) is 45.0 Å². The minimum absolute atomic E-state index is 0.133. The quantitative estimate of drug-likeness (QED) is 0.696. The van der Waals surface area contributed by atoms with Gasteiger partial charge in [0, 0.05) is 24.5 Å². The highest BCUT2D eigenvalue weighted by atomic mass is 16.5. The molecule has 3 aromatic rings. The van der Waals surface area contributed by atoms with Crippen molar-refractivity contribution in [1.82, 2.24) is 19.7 Å². The van der Waals surface area contributed by atoms with Crippen LogP contribution in [0.1, 0.15) is 17.1 Å². The predicted molar refractivity (Wildman–Crippen MR) is 103 cm³/mol. The molecular formula is C19H22N6O2. The standard InChI is InChI=1S/C19H22N6O2/c1-12-9-18(22-11-21-12)27-16-7-5-15(6-8-16)20-10-17(26)23-19-13(2)24-25(4)14(19)3/h5-9,11,20H,10H2,1-4H3,(H,23,26). The normalized spacial score (nSPS) is 10.5. The third-order valence-corrected chi connectivity index (χ3v) is 4.08. The Kier molecular flexibility index (Phi) is 5.35. The molecular weight excluding hydrogens is 344 g/mol. The summed E-state index contributed by atoms with van der Waals surface area (Å²) in [6.45, 7) is 5.81. The molecule has 0 atom stereocenters. The molecule has 1 aromatic carbocycles. The summed E-state index contributed by atoms with van der Waals surface area (Å²) in [6, 6.07) is 9.08. The van der Waals surface area contributed by atoms with Crippen molar-refractivity contribution in [2.24, 2.45) is 7.05 Å². The fraction of sp³-hybridized carbons (Fsp3) is 0.263. The predicted octanol–water partition coefficient (Wildman–Crippen LogP) is 2.98. The Morgan fingerprint density at radius 3 is 2.52 bits per heavy atom. The van der Waals surface area contributed by atoms with Crippen LogP contribution in [0.3, 0.4) is 0 Å². The number of carbonyl (C=O) groups is 1. The first-order valence-electron chi connectivity index (χ1n) is 8.53. The van der Waals surface area contributed by atoms with E-state index < -0.39 is 0 Å². The van der Waals surface area contributed by atoms with E-state index in [2.05, 4.69) is 25.7 Å². The van der Waals surface area contributed by atoms with Gasteiger partial charge in [-0.2, -0.15) is 5.10 Å². The zero-order valence-electron chi connectivity index (χ0n) is 15.8. The van der Waals surface area contributed by atoms with Crippen LogP contribution < -0.4 is 15.4 Å². The number of rotatable bonds is 6. The Morgan fingerprint density at radius 1 is 1.15 bits per heavy atom. The maximum Gasteiger partial charge on any atom is 0.243 e. The van der Waals surface area contributed by atoms with Gasteiger partial charge in [0.2, 0.25) is 11.8 Å². The number of nitrogens with zero attached hydrogens (tertiary/aromatic N) is 4. The minimum atomic E-state index is -0.133. The molecule has 8 heteroatoms. The molecule has 0 saturated heterocycles. The first kappa shape index (κ1) is 18.4. The first-order chi connectivity index (χ1) is 12.9. The Balaban J connectivity index is 1.54. The van der Waals surface area contributed by atoms with Crippen molar-refractivity contribution >= 4 is 17.3 Å². The molecule has 0 radical (unpaired) electrons. The molecule has 2 N–H and O–H groups in total. The van der Waals surface area contributed by atoms with Crippen LogP contribution in [-0.4, -0.2) is 32.2 Å². The summed E-state index contributed by atoms with van der Waals surface area (Å²) in [5.41, 5.74) is 4.12. The number of amides is 1. The van der Waals surface area contributed by atoms with E-state index in [0.717, 1.165) is 28.5 Å². The molecule has 0 unspecified atom stereocenters. The zero-order chi connectivity index (χ0) is 19.4. The maximum absolute atomic E-state index is 12.2. The molecule has 0 saturated carbocycles. The van der Waals surface area contributed by atoms with E-state index in [1.165, 1.54) is 6.33 Å². The lowest BCUT2D eigenvalue weighted by molar-refractivity contribution is -0.114. The Morgan fingerprint density at radius 2 is 1.89 bits per heavy atom. The number of aromatic nitrogens is 4. The van der Waals surface area contributed by atoms with E-state index in [4.69, 9.17) is 4.74 Å². The summed E-state index contributed by atoms with van der Waals surface area (Å²) < 4.78 is 7.43. The number of nitrogens with one attached hydrogen (secondary N) is 2. The van der Waals surface area contributed by atoms with Crippen LogP contribution in [0.5, 0.6) is 11.6 Å². The van der Waals surface area contributed by atoms with Crippen LogP contribution in [0, 0.1) is 20.8 Å². The third kappa shape index (κ3) is 4.60. The largest absolute Gasteiger partial charge is 0.439 e. The van der Waals surface area contributed by atoms with Crippen LogP contribution in [0.25, 0.3) is 0 Å². The van der Waals surface area contributed by atoms with Crippen molar-refractivity contribution in [2.75, 3.05) is 17.2 Å². The molecule has 8 nitrogen and oxygen atoms in total. The fourth-order valence-electron chi connectivity index (χ4n) is 2.57. The minimum Gasteiger partial charge on any atom is -0.439 e. The molecule has 0 fully saturated rings. The molecule has 3 rings (SSSR count). The lowest BCUT2D eigenvalue weighted by atomic mass is 10.3. The number of hydrogen-bond donors (Lipinski definition) is 2. The second-order valence-electron chi connectivity index (χ2n) is 6.20. The molecule has 0 aliphatic carbocycles. The molecule has 1 amide bonds. The maximum atomic E-state index is 12.2. The number of anilines is 2. The number of carbonyl (C=O) groups excluding carboxylic acids is 1. The van der Waals surface area contributed by atoms with Crippen LogP contribution >= 0.6 is 0 Å². The molecule has 0 aliphatic heterocycles. The second kappa shape index (κ2) is 7.86. The highest BCUT2D eigenvalue weighted by Crippen LogP contribution is 2.22. The van der Waals surface area contributed by atoms with Crippen molar-refractivity contribution in [3.8, 4) is 11.6 Å². The summed E-state index contributed by atoms with van der Waals surface area (Å²) in [4.78, 5) is 20.3. The summed E-state index contributed by atoms with van der Waals surface area (Å²) >= 11 is 0. The van der Waals surface area contributed by atoms with E-state index >= 15 is 0 Å². The van der Waals surface area contributed by atoms with Crippen LogP contribution in [0.4, 0.5) is 11.4 Å². The van der Waals surface area contributed by atoms with E-state index in [-0.39, 0.29) is 12.5 Å². The fourth-order valence-corrected chi connectivity index (χ4v) is 2.57. The van der Waals surface area contributed by atoms with Gasteiger partial charge in [0.15, 0.2) is 0 Å². The Bertz CT molecular complexity index is 949. The van der Waals surface area contributed by atoms with Gasteiger partial charge in [-0.3, -0.25) is 9.48 Å². The summed E-state index contributed by atoms with van der Waals surface area (Å²) in [7, 11) is 1.85. The third-order valence-electron chi connectivity index (χ3n) is 4.08. The molecule has 2 aromatic heterocycles. The zero-order valence-corrected chi connectivity index (χ0v) is 15.8. The lowest BCUT2D eigenvalue weighted by Crippen LogP contribution is -2.22. The van der Waals surface area contributed by atoms with Gasteiger partial charge in [-0.25, -0.2) is 9.97 Å².